The number of nitrogens with two attached hydrogens (primary N) is 1. The molecule has 1 atom stereocenters. The quantitative estimate of drug-likeness (QED) is 0.779. The predicted molar refractivity (Wildman–Crippen MR) is 56.2 cm³/mol. The van der Waals surface area contributed by atoms with Gasteiger partial charge < -0.3 is 15.2 Å². The summed E-state index contributed by atoms with van der Waals surface area (Å²) >= 11 is 0. The molecule has 0 aliphatic rings. The topological polar surface area (TPSA) is 72.4 Å². The highest BCUT2D eigenvalue weighted by molar-refractivity contribution is 5.78. The fourth-order valence-electron chi connectivity index (χ4n) is 1.18. The van der Waals surface area contributed by atoms with Crippen LogP contribution in [0.25, 0.3) is 0 Å². The standard InChI is InChI=1S/C10H17N3O2/c1-7(6-11)13(3)10(14)5-9-4-8(2)15-12-9/h4,7H,5-6,11H2,1-3H3. The van der Waals surface area contributed by atoms with E-state index in [0.717, 1.165) is 0 Å². The molecule has 84 valence electrons. The van der Waals surface area contributed by atoms with Crippen molar-refractivity contribution in [3.8, 4) is 0 Å². The number of carbonyl (C=O) groups is 1. The molecule has 5 heteroatoms. The normalized spacial score (nSPS) is 12.5. The van der Waals surface area contributed by atoms with E-state index in [1.807, 2.05) is 6.92 Å². The summed E-state index contributed by atoms with van der Waals surface area (Å²) in [5.41, 5.74) is 6.14. The van der Waals surface area contributed by atoms with Gasteiger partial charge in [0.1, 0.15) is 5.76 Å². The minimum Gasteiger partial charge on any atom is -0.361 e. The summed E-state index contributed by atoms with van der Waals surface area (Å²) in [7, 11) is 1.74. The molecule has 0 radical (unpaired) electrons. The minimum absolute atomic E-state index is 0.00116. The molecule has 0 aromatic carbocycles. The van der Waals surface area contributed by atoms with Crippen LogP contribution in [0.1, 0.15) is 18.4 Å². The van der Waals surface area contributed by atoms with Gasteiger partial charge in [0.2, 0.25) is 5.91 Å². The molecule has 1 amide bonds. The molecule has 0 aliphatic heterocycles. The highest BCUT2D eigenvalue weighted by Crippen LogP contribution is 2.05. The fourth-order valence-corrected chi connectivity index (χ4v) is 1.18. The van der Waals surface area contributed by atoms with Crippen LogP contribution >= 0.6 is 0 Å². The van der Waals surface area contributed by atoms with Crippen molar-refractivity contribution in [1.82, 2.24) is 10.1 Å². The van der Waals surface area contributed by atoms with Crippen molar-refractivity contribution < 1.29 is 9.32 Å². The van der Waals surface area contributed by atoms with E-state index >= 15 is 0 Å². The summed E-state index contributed by atoms with van der Waals surface area (Å²) in [5.74, 6) is 0.716. The summed E-state index contributed by atoms with van der Waals surface area (Å²) in [4.78, 5) is 13.3. The summed E-state index contributed by atoms with van der Waals surface area (Å²) in [6, 6.07) is 1.81. The van der Waals surface area contributed by atoms with Crippen LogP contribution in [0.2, 0.25) is 0 Å². The number of amides is 1. The molecule has 15 heavy (non-hydrogen) atoms. The van der Waals surface area contributed by atoms with E-state index in [-0.39, 0.29) is 18.4 Å². The number of hydrogen-bond acceptors (Lipinski definition) is 4. The largest absolute Gasteiger partial charge is 0.361 e. The van der Waals surface area contributed by atoms with Crippen LogP contribution in [0, 0.1) is 6.92 Å². The van der Waals surface area contributed by atoms with Crippen molar-refractivity contribution in [2.24, 2.45) is 5.73 Å². The van der Waals surface area contributed by atoms with E-state index in [1.54, 1.807) is 24.9 Å². The van der Waals surface area contributed by atoms with Crippen LogP contribution in [0.3, 0.4) is 0 Å². The summed E-state index contributed by atoms with van der Waals surface area (Å²) in [6.07, 6.45) is 0.262. The first kappa shape index (κ1) is 11.7. The predicted octanol–water partition coefficient (Wildman–Crippen LogP) is 0.331. The Balaban J connectivity index is 2.55. The van der Waals surface area contributed by atoms with Gasteiger partial charge in [0, 0.05) is 25.7 Å². The Kier molecular flexibility index (Phi) is 3.85. The van der Waals surface area contributed by atoms with E-state index in [4.69, 9.17) is 10.3 Å². The second-order valence-corrected chi connectivity index (χ2v) is 3.70. The SMILES string of the molecule is Cc1cc(CC(=O)N(C)C(C)CN)no1. The molecule has 1 aromatic rings. The molecule has 0 spiro atoms. The van der Waals surface area contributed by atoms with Crippen molar-refractivity contribution >= 4 is 5.91 Å². The zero-order valence-electron chi connectivity index (χ0n) is 9.36. The summed E-state index contributed by atoms with van der Waals surface area (Å²) < 4.78 is 4.89. The van der Waals surface area contributed by atoms with Gasteiger partial charge in [-0.25, -0.2) is 0 Å². The van der Waals surface area contributed by atoms with Crippen molar-refractivity contribution in [2.75, 3.05) is 13.6 Å². The molecule has 1 unspecified atom stereocenters. The molecule has 1 aromatic heterocycles. The van der Waals surface area contributed by atoms with Crippen LogP contribution in [-0.4, -0.2) is 35.6 Å². The zero-order chi connectivity index (χ0) is 11.4. The van der Waals surface area contributed by atoms with Crippen LogP contribution in [-0.2, 0) is 11.2 Å². The molecule has 0 bridgehead atoms. The van der Waals surface area contributed by atoms with E-state index in [1.165, 1.54) is 0 Å². The molecule has 0 saturated carbocycles. The number of aromatic nitrogens is 1. The lowest BCUT2D eigenvalue weighted by Gasteiger charge is -2.23. The molecule has 5 nitrogen and oxygen atoms in total. The monoisotopic (exact) mass is 211 g/mol. The number of aryl methyl sites for hydroxylation is 1. The molecule has 2 N–H and O–H groups in total. The Labute approximate surface area is 89.2 Å². The van der Waals surface area contributed by atoms with Crippen LogP contribution in [0.5, 0.6) is 0 Å². The Hall–Kier alpha value is -1.36. The lowest BCUT2D eigenvalue weighted by molar-refractivity contribution is -0.130. The zero-order valence-corrected chi connectivity index (χ0v) is 9.36. The maximum absolute atomic E-state index is 11.7. The Morgan fingerprint density at radius 3 is 2.87 bits per heavy atom. The highest BCUT2D eigenvalue weighted by Gasteiger charge is 2.16. The fraction of sp³-hybridized carbons (Fsp3) is 0.600. The molecule has 0 aliphatic carbocycles. The van der Waals surface area contributed by atoms with Gasteiger partial charge in [-0.3, -0.25) is 4.79 Å². The van der Waals surface area contributed by atoms with Gasteiger partial charge in [0.25, 0.3) is 0 Å². The van der Waals surface area contributed by atoms with Gasteiger partial charge in [-0.1, -0.05) is 5.16 Å². The first-order valence-corrected chi connectivity index (χ1v) is 4.92. The van der Waals surface area contributed by atoms with Crippen LogP contribution in [0.4, 0.5) is 0 Å². The van der Waals surface area contributed by atoms with Gasteiger partial charge in [-0.05, 0) is 13.8 Å². The Morgan fingerprint density at radius 1 is 1.73 bits per heavy atom. The summed E-state index contributed by atoms with van der Waals surface area (Å²) in [5, 5.41) is 3.77. The van der Waals surface area contributed by atoms with Crippen molar-refractivity contribution in [3.05, 3.63) is 17.5 Å². The van der Waals surface area contributed by atoms with E-state index in [0.29, 0.717) is 18.0 Å². The number of nitrogens with zero attached hydrogens (tertiary/aromatic N) is 2. The van der Waals surface area contributed by atoms with Crippen molar-refractivity contribution in [1.29, 1.82) is 0 Å². The number of rotatable bonds is 4. The average Bonchev–Trinajstić information content (AvgIpc) is 2.61. The minimum atomic E-state index is 0.00116. The van der Waals surface area contributed by atoms with Gasteiger partial charge in [-0.2, -0.15) is 0 Å². The molecular weight excluding hydrogens is 194 g/mol. The number of likely N-dealkylation sites (N-methyl/N-ethyl adjacent to an activating group) is 1. The first-order valence-electron chi connectivity index (χ1n) is 4.92. The lowest BCUT2D eigenvalue weighted by atomic mass is 10.2. The lowest BCUT2D eigenvalue weighted by Crippen LogP contribution is -2.40. The highest BCUT2D eigenvalue weighted by atomic mass is 16.5. The van der Waals surface area contributed by atoms with Gasteiger partial charge in [0.15, 0.2) is 0 Å². The molecular formula is C10H17N3O2. The molecule has 0 saturated heterocycles. The van der Waals surface area contributed by atoms with Crippen LogP contribution in [0.15, 0.2) is 10.6 Å². The molecule has 1 rings (SSSR count). The van der Waals surface area contributed by atoms with Gasteiger partial charge >= 0.3 is 0 Å². The maximum Gasteiger partial charge on any atom is 0.228 e. The average molecular weight is 211 g/mol. The third-order valence-electron chi connectivity index (χ3n) is 2.40. The summed E-state index contributed by atoms with van der Waals surface area (Å²) in [6.45, 7) is 4.17. The Bertz CT molecular complexity index is 335. The van der Waals surface area contributed by atoms with E-state index < -0.39 is 0 Å². The number of hydrogen-bond donors (Lipinski definition) is 1. The van der Waals surface area contributed by atoms with Crippen molar-refractivity contribution in [2.45, 2.75) is 26.3 Å². The maximum atomic E-state index is 11.7. The Morgan fingerprint density at radius 2 is 2.40 bits per heavy atom. The van der Waals surface area contributed by atoms with Crippen molar-refractivity contribution in [3.63, 3.8) is 0 Å². The third-order valence-corrected chi connectivity index (χ3v) is 2.40. The second kappa shape index (κ2) is 4.93. The van der Waals surface area contributed by atoms with Gasteiger partial charge in [0.05, 0.1) is 12.1 Å². The van der Waals surface area contributed by atoms with Crippen LogP contribution < -0.4 is 5.73 Å². The third kappa shape index (κ3) is 3.06. The molecule has 1 heterocycles. The van der Waals surface area contributed by atoms with E-state index in [9.17, 15) is 4.79 Å². The van der Waals surface area contributed by atoms with E-state index in [2.05, 4.69) is 5.16 Å². The van der Waals surface area contributed by atoms with Gasteiger partial charge in [-0.15, -0.1) is 0 Å². The second-order valence-electron chi connectivity index (χ2n) is 3.70. The first-order chi connectivity index (χ1) is 7.04. The smallest absolute Gasteiger partial charge is 0.228 e. The molecule has 0 fully saturated rings. The number of carbonyl (C=O) groups excluding carboxylic acids is 1.